The van der Waals surface area contributed by atoms with Gasteiger partial charge in [0.25, 0.3) is 5.82 Å². The van der Waals surface area contributed by atoms with Crippen LogP contribution >= 0.6 is 0 Å². The molecule has 8 heteroatoms. The molecule has 1 aromatic rings. The van der Waals surface area contributed by atoms with E-state index in [9.17, 15) is 13.2 Å². The molecule has 0 amide bonds. The van der Waals surface area contributed by atoms with E-state index in [1.165, 1.54) is 0 Å². The SMILES string of the molecule is FC(F)(F)c1nnnn1C1CNC1. The fourth-order valence-corrected chi connectivity index (χ4v) is 1.07. The second-order valence-corrected chi connectivity index (χ2v) is 2.76. The number of nitrogens with one attached hydrogen (secondary N) is 1. The van der Waals surface area contributed by atoms with Gasteiger partial charge in [-0.2, -0.15) is 13.2 Å². The molecule has 1 fully saturated rings. The minimum absolute atomic E-state index is 0.272. The van der Waals surface area contributed by atoms with Crippen LogP contribution in [0, 0.1) is 0 Å². The molecule has 2 rings (SSSR count). The number of nitrogens with zero attached hydrogens (tertiary/aromatic N) is 4. The molecule has 13 heavy (non-hydrogen) atoms. The summed E-state index contributed by atoms with van der Waals surface area (Å²) in [5.41, 5.74) is 0. The molecule has 2 heterocycles. The van der Waals surface area contributed by atoms with Crippen LogP contribution in [-0.2, 0) is 6.18 Å². The summed E-state index contributed by atoms with van der Waals surface area (Å²) in [6.45, 7) is 0.961. The van der Waals surface area contributed by atoms with Gasteiger partial charge in [-0.05, 0) is 10.4 Å². The lowest BCUT2D eigenvalue weighted by Gasteiger charge is -2.27. The third-order valence-electron chi connectivity index (χ3n) is 1.85. The van der Waals surface area contributed by atoms with E-state index in [0.29, 0.717) is 13.1 Å². The Kier molecular flexibility index (Phi) is 1.72. The van der Waals surface area contributed by atoms with Crippen molar-refractivity contribution in [1.82, 2.24) is 25.5 Å². The molecule has 1 aliphatic heterocycles. The second kappa shape index (κ2) is 2.66. The number of aromatic nitrogens is 4. The maximum atomic E-state index is 12.2. The Hall–Kier alpha value is -1.18. The van der Waals surface area contributed by atoms with E-state index in [2.05, 4.69) is 20.8 Å². The number of tetrazole rings is 1. The highest BCUT2D eigenvalue weighted by molar-refractivity contribution is 4.93. The summed E-state index contributed by atoms with van der Waals surface area (Å²) in [4.78, 5) is 0. The van der Waals surface area contributed by atoms with E-state index < -0.39 is 12.0 Å². The fourth-order valence-electron chi connectivity index (χ4n) is 1.07. The Morgan fingerprint density at radius 3 is 2.54 bits per heavy atom. The second-order valence-electron chi connectivity index (χ2n) is 2.76. The highest BCUT2D eigenvalue weighted by atomic mass is 19.4. The van der Waals surface area contributed by atoms with Crippen molar-refractivity contribution in [2.45, 2.75) is 12.2 Å². The smallest absolute Gasteiger partial charge is 0.312 e. The van der Waals surface area contributed by atoms with Gasteiger partial charge in [0.05, 0.1) is 6.04 Å². The van der Waals surface area contributed by atoms with Gasteiger partial charge in [0, 0.05) is 13.1 Å². The number of alkyl halides is 3. The zero-order chi connectivity index (χ0) is 9.47. The summed E-state index contributed by atoms with van der Waals surface area (Å²) < 4.78 is 37.5. The highest BCUT2D eigenvalue weighted by Crippen LogP contribution is 2.28. The first kappa shape index (κ1) is 8.42. The zero-order valence-electron chi connectivity index (χ0n) is 6.41. The van der Waals surface area contributed by atoms with Crippen molar-refractivity contribution >= 4 is 0 Å². The summed E-state index contributed by atoms with van der Waals surface area (Å²) in [5.74, 6) is -1.03. The van der Waals surface area contributed by atoms with Crippen molar-refractivity contribution in [2.24, 2.45) is 0 Å². The standard InChI is InChI=1S/C5H6F3N5/c6-5(7,8)4-10-11-12-13(4)3-1-9-2-3/h3,9H,1-2H2. The molecule has 1 saturated heterocycles. The van der Waals surface area contributed by atoms with Gasteiger partial charge >= 0.3 is 6.18 Å². The molecule has 1 aliphatic rings. The van der Waals surface area contributed by atoms with Crippen LogP contribution in [0.2, 0.25) is 0 Å². The monoisotopic (exact) mass is 193 g/mol. The molecule has 0 saturated carbocycles. The van der Waals surface area contributed by atoms with Crippen LogP contribution in [0.1, 0.15) is 11.9 Å². The van der Waals surface area contributed by atoms with E-state index in [-0.39, 0.29) is 6.04 Å². The first-order valence-electron chi connectivity index (χ1n) is 3.65. The van der Waals surface area contributed by atoms with Crippen molar-refractivity contribution in [1.29, 1.82) is 0 Å². The van der Waals surface area contributed by atoms with Crippen molar-refractivity contribution < 1.29 is 13.2 Å². The maximum Gasteiger partial charge on any atom is 0.453 e. The van der Waals surface area contributed by atoms with Crippen LogP contribution in [0.5, 0.6) is 0 Å². The van der Waals surface area contributed by atoms with Gasteiger partial charge in [0.1, 0.15) is 0 Å². The number of rotatable bonds is 1. The summed E-state index contributed by atoms with van der Waals surface area (Å²) in [7, 11) is 0. The molecule has 1 aromatic heterocycles. The number of hydrogen-bond acceptors (Lipinski definition) is 4. The summed E-state index contributed by atoms with van der Waals surface area (Å²) in [5, 5.41) is 12.1. The van der Waals surface area contributed by atoms with Gasteiger partial charge in [-0.3, -0.25) is 0 Å². The topological polar surface area (TPSA) is 55.6 Å². The average molecular weight is 193 g/mol. The van der Waals surface area contributed by atoms with Gasteiger partial charge in [-0.25, -0.2) is 4.68 Å². The van der Waals surface area contributed by atoms with Gasteiger partial charge in [0.2, 0.25) is 0 Å². The molecule has 0 bridgehead atoms. The maximum absolute atomic E-state index is 12.2. The Labute approximate surface area is 70.9 Å². The third kappa shape index (κ3) is 1.37. The average Bonchev–Trinajstić information content (AvgIpc) is 2.29. The molecular weight excluding hydrogens is 187 g/mol. The number of halogens is 3. The van der Waals surface area contributed by atoms with E-state index in [1.54, 1.807) is 0 Å². The van der Waals surface area contributed by atoms with Gasteiger partial charge < -0.3 is 5.32 Å². The van der Waals surface area contributed by atoms with Gasteiger partial charge in [-0.1, -0.05) is 0 Å². The van der Waals surface area contributed by atoms with Crippen molar-refractivity contribution in [3.8, 4) is 0 Å². The predicted molar refractivity (Wildman–Crippen MR) is 34.7 cm³/mol. The van der Waals surface area contributed by atoms with Crippen LogP contribution < -0.4 is 5.32 Å². The van der Waals surface area contributed by atoms with Crippen molar-refractivity contribution in [3.05, 3.63) is 5.82 Å². The molecule has 0 unspecified atom stereocenters. The largest absolute Gasteiger partial charge is 0.453 e. The van der Waals surface area contributed by atoms with E-state index >= 15 is 0 Å². The number of hydrogen-bond donors (Lipinski definition) is 1. The molecule has 5 nitrogen and oxygen atoms in total. The summed E-state index contributed by atoms with van der Waals surface area (Å²) in [6, 6.07) is -0.272. The molecule has 1 N–H and O–H groups in total. The van der Waals surface area contributed by atoms with Crippen molar-refractivity contribution in [3.63, 3.8) is 0 Å². The molecule has 0 radical (unpaired) electrons. The van der Waals surface area contributed by atoms with E-state index in [1.807, 2.05) is 0 Å². The van der Waals surface area contributed by atoms with E-state index in [0.717, 1.165) is 4.68 Å². The van der Waals surface area contributed by atoms with Crippen molar-refractivity contribution in [2.75, 3.05) is 13.1 Å². The Bertz CT molecular complexity index is 301. The minimum Gasteiger partial charge on any atom is -0.312 e. The van der Waals surface area contributed by atoms with E-state index in [4.69, 9.17) is 0 Å². The quantitative estimate of drug-likeness (QED) is 0.673. The Morgan fingerprint density at radius 1 is 1.38 bits per heavy atom. The molecule has 0 aromatic carbocycles. The van der Waals surface area contributed by atoms with Crippen LogP contribution in [0.4, 0.5) is 13.2 Å². The van der Waals surface area contributed by atoms with Crippen LogP contribution in [-0.4, -0.2) is 33.3 Å². The Morgan fingerprint density at radius 2 is 2.08 bits per heavy atom. The van der Waals surface area contributed by atoms with Crippen LogP contribution in [0.3, 0.4) is 0 Å². The summed E-state index contributed by atoms with van der Waals surface area (Å²) in [6.07, 6.45) is -4.47. The minimum atomic E-state index is -4.47. The van der Waals surface area contributed by atoms with Crippen LogP contribution in [0.25, 0.3) is 0 Å². The first-order valence-corrected chi connectivity index (χ1v) is 3.65. The molecule has 72 valence electrons. The van der Waals surface area contributed by atoms with Crippen LogP contribution in [0.15, 0.2) is 0 Å². The molecule has 0 atom stereocenters. The highest BCUT2D eigenvalue weighted by Gasteiger charge is 2.40. The van der Waals surface area contributed by atoms with Gasteiger partial charge in [0.15, 0.2) is 0 Å². The fraction of sp³-hybridized carbons (Fsp3) is 0.800. The van der Waals surface area contributed by atoms with Gasteiger partial charge in [-0.15, -0.1) is 5.10 Å². The summed E-state index contributed by atoms with van der Waals surface area (Å²) >= 11 is 0. The molecular formula is C5H6F3N5. The predicted octanol–water partition coefficient (Wildman–Crippen LogP) is -0.164. The third-order valence-corrected chi connectivity index (χ3v) is 1.85. The molecule has 0 spiro atoms. The lowest BCUT2D eigenvalue weighted by Crippen LogP contribution is -2.45. The zero-order valence-corrected chi connectivity index (χ0v) is 6.41. The lowest BCUT2D eigenvalue weighted by molar-refractivity contribution is -0.149. The first-order chi connectivity index (χ1) is 6.09. The Balaban J connectivity index is 2.30. The normalized spacial score (nSPS) is 18.7. The lowest BCUT2D eigenvalue weighted by atomic mass is 10.2. The molecule has 0 aliphatic carbocycles.